The third-order valence-corrected chi connectivity index (χ3v) is 4.03. The minimum Gasteiger partial charge on any atom is -0.488 e. The van der Waals surface area contributed by atoms with E-state index in [4.69, 9.17) is 14.6 Å². The highest BCUT2D eigenvalue weighted by Gasteiger charge is 2.20. The molecule has 0 unspecified atom stereocenters. The lowest BCUT2D eigenvalue weighted by Crippen LogP contribution is -2.25. The molecule has 0 bridgehead atoms. The molecule has 0 spiro atoms. The second-order valence-corrected chi connectivity index (χ2v) is 6.03. The number of halogens is 2. The number of carbonyl (C=O) groups is 1. The van der Waals surface area contributed by atoms with Gasteiger partial charge in [0.05, 0.1) is 24.7 Å². The standard InChI is InChI=1S/C18H18F2N2O4/c19-13-7-11(8-14(20)18(13)25-6-2-5-17(23)24)15-9-21-10-16(22-15)26-12-3-1-4-12/h7-10,12H,1-6H2,(H,23,24). The van der Waals surface area contributed by atoms with Crippen LogP contribution in [0.3, 0.4) is 0 Å². The van der Waals surface area contributed by atoms with Crippen LogP contribution in [0.25, 0.3) is 11.3 Å². The molecular weight excluding hydrogens is 346 g/mol. The Kier molecular flexibility index (Phi) is 5.60. The average molecular weight is 364 g/mol. The quantitative estimate of drug-likeness (QED) is 0.721. The van der Waals surface area contributed by atoms with Crippen LogP contribution >= 0.6 is 0 Å². The first-order valence-electron chi connectivity index (χ1n) is 8.35. The number of ether oxygens (including phenoxy) is 2. The maximum Gasteiger partial charge on any atom is 0.303 e. The number of benzene rings is 1. The molecule has 1 aliphatic carbocycles. The van der Waals surface area contributed by atoms with Crippen molar-refractivity contribution in [3.63, 3.8) is 0 Å². The molecule has 1 aromatic heterocycles. The van der Waals surface area contributed by atoms with Gasteiger partial charge in [-0.05, 0) is 37.8 Å². The van der Waals surface area contributed by atoms with E-state index in [-0.39, 0.29) is 36.8 Å². The Hall–Kier alpha value is -2.77. The Morgan fingerprint density at radius 1 is 1.23 bits per heavy atom. The molecular formula is C18H18F2N2O4. The Labute approximate surface area is 148 Å². The predicted octanol–water partition coefficient (Wildman–Crippen LogP) is 3.60. The Morgan fingerprint density at radius 3 is 2.58 bits per heavy atom. The zero-order valence-corrected chi connectivity index (χ0v) is 14.0. The molecule has 8 heteroatoms. The molecule has 138 valence electrons. The van der Waals surface area contributed by atoms with Gasteiger partial charge in [-0.15, -0.1) is 0 Å². The van der Waals surface area contributed by atoms with Gasteiger partial charge < -0.3 is 14.6 Å². The van der Waals surface area contributed by atoms with E-state index in [2.05, 4.69) is 9.97 Å². The fraction of sp³-hybridized carbons (Fsp3) is 0.389. The minimum atomic E-state index is -0.993. The largest absolute Gasteiger partial charge is 0.488 e. The molecule has 1 heterocycles. The number of carboxylic acids is 1. The second-order valence-electron chi connectivity index (χ2n) is 6.03. The molecule has 0 aliphatic heterocycles. The fourth-order valence-electron chi connectivity index (χ4n) is 2.45. The van der Waals surface area contributed by atoms with Crippen LogP contribution in [0, 0.1) is 11.6 Å². The lowest BCUT2D eigenvalue weighted by atomic mass is 9.96. The van der Waals surface area contributed by atoms with E-state index in [0.717, 1.165) is 31.4 Å². The smallest absolute Gasteiger partial charge is 0.303 e. The normalized spacial score (nSPS) is 13.9. The summed E-state index contributed by atoms with van der Waals surface area (Å²) in [5.74, 6) is -2.98. The third-order valence-electron chi connectivity index (χ3n) is 4.03. The van der Waals surface area contributed by atoms with Gasteiger partial charge in [0, 0.05) is 12.0 Å². The van der Waals surface area contributed by atoms with Gasteiger partial charge in [-0.1, -0.05) is 0 Å². The Balaban J connectivity index is 1.72. The Bertz CT molecular complexity index is 774. The van der Waals surface area contributed by atoms with Crippen LogP contribution in [0.15, 0.2) is 24.5 Å². The van der Waals surface area contributed by atoms with Crippen LogP contribution < -0.4 is 9.47 Å². The molecule has 2 aromatic rings. The number of nitrogens with zero attached hydrogens (tertiary/aromatic N) is 2. The van der Waals surface area contributed by atoms with Gasteiger partial charge in [0.25, 0.3) is 0 Å². The summed E-state index contributed by atoms with van der Waals surface area (Å²) in [6, 6.07) is 2.21. The molecule has 0 amide bonds. The molecule has 1 N–H and O–H groups in total. The lowest BCUT2D eigenvalue weighted by molar-refractivity contribution is -0.137. The van der Waals surface area contributed by atoms with Gasteiger partial charge in [0.15, 0.2) is 17.4 Å². The summed E-state index contributed by atoms with van der Waals surface area (Å²) in [7, 11) is 0. The van der Waals surface area contributed by atoms with E-state index >= 15 is 0 Å². The molecule has 1 saturated carbocycles. The van der Waals surface area contributed by atoms with Crippen LogP contribution in [0.4, 0.5) is 8.78 Å². The molecule has 0 saturated heterocycles. The molecule has 6 nitrogen and oxygen atoms in total. The lowest BCUT2D eigenvalue weighted by Gasteiger charge is -2.25. The fourth-order valence-corrected chi connectivity index (χ4v) is 2.45. The van der Waals surface area contributed by atoms with Crippen molar-refractivity contribution in [2.45, 2.75) is 38.2 Å². The van der Waals surface area contributed by atoms with E-state index in [1.54, 1.807) is 0 Å². The molecule has 1 aromatic carbocycles. The number of hydrogen-bond acceptors (Lipinski definition) is 5. The molecule has 3 rings (SSSR count). The first-order valence-corrected chi connectivity index (χ1v) is 8.35. The van der Waals surface area contributed by atoms with Crippen LogP contribution in [-0.4, -0.2) is 33.8 Å². The molecule has 0 atom stereocenters. The summed E-state index contributed by atoms with van der Waals surface area (Å²) in [4.78, 5) is 18.7. The van der Waals surface area contributed by atoms with Gasteiger partial charge >= 0.3 is 5.97 Å². The van der Waals surface area contributed by atoms with Gasteiger partial charge in [-0.25, -0.2) is 13.8 Å². The first kappa shape index (κ1) is 18.0. The minimum absolute atomic E-state index is 0.0932. The van der Waals surface area contributed by atoms with E-state index in [0.29, 0.717) is 5.88 Å². The second kappa shape index (κ2) is 8.07. The van der Waals surface area contributed by atoms with Crippen molar-refractivity contribution in [3.8, 4) is 22.9 Å². The van der Waals surface area contributed by atoms with Crippen molar-refractivity contribution in [3.05, 3.63) is 36.2 Å². The molecule has 0 radical (unpaired) electrons. The summed E-state index contributed by atoms with van der Waals surface area (Å²) in [5.41, 5.74) is 0.501. The number of aromatic nitrogens is 2. The summed E-state index contributed by atoms with van der Waals surface area (Å²) in [6.07, 6.45) is 6.04. The van der Waals surface area contributed by atoms with Crippen molar-refractivity contribution in [2.24, 2.45) is 0 Å². The van der Waals surface area contributed by atoms with Crippen molar-refractivity contribution < 1.29 is 28.2 Å². The number of carboxylic acid groups (broad SMARTS) is 1. The monoisotopic (exact) mass is 364 g/mol. The van der Waals surface area contributed by atoms with Crippen LogP contribution in [0.1, 0.15) is 32.1 Å². The van der Waals surface area contributed by atoms with Crippen LogP contribution in [-0.2, 0) is 4.79 Å². The number of hydrogen-bond donors (Lipinski definition) is 1. The van der Waals surface area contributed by atoms with Gasteiger partial charge in [-0.2, -0.15) is 0 Å². The van der Waals surface area contributed by atoms with E-state index in [1.807, 2.05) is 0 Å². The zero-order chi connectivity index (χ0) is 18.5. The summed E-state index contributed by atoms with van der Waals surface area (Å²) >= 11 is 0. The van der Waals surface area contributed by atoms with Crippen molar-refractivity contribution in [2.75, 3.05) is 6.61 Å². The molecule has 1 aliphatic rings. The highest BCUT2D eigenvalue weighted by atomic mass is 19.1. The molecule has 1 fully saturated rings. The van der Waals surface area contributed by atoms with E-state index in [1.165, 1.54) is 12.4 Å². The number of aliphatic carboxylic acids is 1. The van der Waals surface area contributed by atoms with Crippen molar-refractivity contribution >= 4 is 5.97 Å². The average Bonchev–Trinajstić information content (AvgIpc) is 2.56. The van der Waals surface area contributed by atoms with Crippen molar-refractivity contribution in [1.82, 2.24) is 9.97 Å². The highest BCUT2D eigenvalue weighted by molar-refractivity contribution is 5.66. The first-order chi connectivity index (χ1) is 12.5. The maximum absolute atomic E-state index is 14.2. The van der Waals surface area contributed by atoms with Crippen LogP contribution in [0.5, 0.6) is 11.6 Å². The Morgan fingerprint density at radius 2 is 1.96 bits per heavy atom. The van der Waals surface area contributed by atoms with E-state index < -0.39 is 23.4 Å². The zero-order valence-electron chi connectivity index (χ0n) is 14.0. The maximum atomic E-state index is 14.2. The SMILES string of the molecule is O=C(O)CCCOc1c(F)cc(-c2cncc(OC3CCC3)n2)cc1F. The number of rotatable bonds is 8. The van der Waals surface area contributed by atoms with E-state index in [9.17, 15) is 13.6 Å². The third kappa shape index (κ3) is 4.44. The summed E-state index contributed by atoms with van der Waals surface area (Å²) < 4.78 is 39.1. The van der Waals surface area contributed by atoms with Crippen LogP contribution in [0.2, 0.25) is 0 Å². The topological polar surface area (TPSA) is 81.5 Å². The predicted molar refractivity (Wildman–Crippen MR) is 88.0 cm³/mol. The molecule has 26 heavy (non-hydrogen) atoms. The van der Waals surface area contributed by atoms with Gasteiger partial charge in [-0.3, -0.25) is 9.78 Å². The van der Waals surface area contributed by atoms with Crippen molar-refractivity contribution in [1.29, 1.82) is 0 Å². The summed E-state index contributed by atoms with van der Waals surface area (Å²) in [5, 5.41) is 8.55. The highest BCUT2D eigenvalue weighted by Crippen LogP contribution is 2.29. The summed E-state index contributed by atoms with van der Waals surface area (Å²) in [6.45, 7) is -0.0932. The van der Waals surface area contributed by atoms with Gasteiger partial charge in [0.1, 0.15) is 6.10 Å². The van der Waals surface area contributed by atoms with Gasteiger partial charge in [0.2, 0.25) is 5.88 Å².